The van der Waals surface area contributed by atoms with Gasteiger partial charge in [0.2, 0.25) is 0 Å². The molecule has 0 saturated carbocycles. The van der Waals surface area contributed by atoms with Crippen LogP contribution in [-0.2, 0) is 0 Å². The van der Waals surface area contributed by atoms with E-state index >= 15 is 0 Å². The van der Waals surface area contributed by atoms with Crippen LogP contribution in [0.25, 0.3) is 0 Å². The highest BCUT2D eigenvalue weighted by Crippen LogP contribution is 2.31. The Morgan fingerprint density at radius 2 is 1.88 bits per heavy atom. The molecule has 0 spiro atoms. The molecule has 0 amide bonds. The van der Waals surface area contributed by atoms with Crippen molar-refractivity contribution < 1.29 is 10.2 Å². The lowest BCUT2D eigenvalue weighted by atomic mass is 10.1. The van der Waals surface area contributed by atoms with Gasteiger partial charge in [0.05, 0.1) is 0 Å². The minimum Gasteiger partial charge on any atom is -0.508 e. The molecule has 0 aromatic heterocycles. The van der Waals surface area contributed by atoms with Crippen molar-refractivity contribution in [2.75, 3.05) is 13.1 Å². The molecule has 1 aliphatic heterocycles. The zero-order valence-corrected chi connectivity index (χ0v) is 9.85. The normalized spacial score (nSPS) is 23.5. The number of hydrogen-bond acceptors (Lipinski definition) is 3. The maximum atomic E-state index is 9.46. The summed E-state index contributed by atoms with van der Waals surface area (Å²) in [6.45, 7) is 6.56. The molecule has 1 aliphatic rings. The minimum atomic E-state index is 0.133. The number of phenolic OH excluding ortho intramolecular Hbond substituents is 2. The molecule has 1 fully saturated rings. The summed E-state index contributed by atoms with van der Waals surface area (Å²) in [6.07, 6.45) is 1.23. The van der Waals surface area contributed by atoms with E-state index in [2.05, 4.69) is 18.7 Å². The quantitative estimate of drug-likeness (QED) is 0.806. The Morgan fingerprint density at radius 1 is 1.25 bits per heavy atom. The average Bonchev–Trinajstić information content (AvgIpc) is 2.62. The molecular formula is C13H19NO2. The lowest BCUT2D eigenvalue weighted by molar-refractivity contribution is 0.254. The zero-order valence-electron chi connectivity index (χ0n) is 9.85. The van der Waals surface area contributed by atoms with Crippen molar-refractivity contribution in [2.45, 2.75) is 26.3 Å². The minimum absolute atomic E-state index is 0.133. The fourth-order valence-electron chi connectivity index (χ4n) is 2.39. The second-order valence-electron chi connectivity index (χ2n) is 4.85. The number of nitrogens with zero attached hydrogens (tertiary/aromatic N) is 1. The molecule has 1 aromatic carbocycles. The highest BCUT2D eigenvalue weighted by Gasteiger charge is 2.24. The fraction of sp³-hybridized carbons (Fsp3) is 0.538. The van der Waals surface area contributed by atoms with Gasteiger partial charge in [-0.1, -0.05) is 6.92 Å². The molecule has 2 unspecified atom stereocenters. The summed E-state index contributed by atoms with van der Waals surface area (Å²) in [7, 11) is 0. The Balaban J connectivity index is 2.17. The first-order valence-electron chi connectivity index (χ1n) is 5.83. The molecule has 0 aliphatic carbocycles. The number of aromatic hydroxyl groups is 2. The van der Waals surface area contributed by atoms with Crippen LogP contribution in [0.15, 0.2) is 18.2 Å². The summed E-state index contributed by atoms with van der Waals surface area (Å²) in [5.74, 6) is 1.01. The van der Waals surface area contributed by atoms with E-state index in [1.807, 2.05) is 0 Å². The number of rotatable bonds is 2. The second-order valence-corrected chi connectivity index (χ2v) is 4.85. The third kappa shape index (κ3) is 2.30. The Labute approximate surface area is 96.3 Å². The molecule has 16 heavy (non-hydrogen) atoms. The van der Waals surface area contributed by atoms with Crippen molar-refractivity contribution in [3.63, 3.8) is 0 Å². The van der Waals surface area contributed by atoms with Crippen molar-refractivity contribution >= 4 is 0 Å². The maximum absolute atomic E-state index is 9.46. The Bertz CT molecular complexity index is 358. The molecule has 3 nitrogen and oxygen atoms in total. The van der Waals surface area contributed by atoms with Crippen LogP contribution >= 0.6 is 0 Å². The van der Waals surface area contributed by atoms with E-state index in [9.17, 15) is 10.2 Å². The van der Waals surface area contributed by atoms with Gasteiger partial charge in [0.1, 0.15) is 11.5 Å². The topological polar surface area (TPSA) is 43.7 Å². The zero-order chi connectivity index (χ0) is 11.7. The summed E-state index contributed by atoms with van der Waals surface area (Å²) in [5, 5.41) is 18.9. The molecular weight excluding hydrogens is 202 g/mol. The Morgan fingerprint density at radius 3 is 2.38 bits per heavy atom. The SMILES string of the molecule is CC1CCN(C(C)c2cc(O)cc(O)c2)C1. The smallest absolute Gasteiger partial charge is 0.119 e. The Kier molecular flexibility index (Phi) is 3.06. The first kappa shape index (κ1) is 11.3. The summed E-state index contributed by atoms with van der Waals surface area (Å²) < 4.78 is 0. The van der Waals surface area contributed by atoms with Gasteiger partial charge >= 0.3 is 0 Å². The van der Waals surface area contributed by atoms with E-state index in [4.69, 9.17) is 0 Å². The van der Waals surface area contributed by atoms with Crippen LogP contribution < -0.4 is 0 Å². The maximum Gasteiger partial charge on any atom is 0.119 e. The molecule has 1 aromatic rings. The highest BCUT2D eigenvalue weighted by molar-refractivity contribution is 5.38. The molecule has 2 N–H and O–H groups in total. The van der Waals surface area contributed by atoms with Gasteiger partial charge in [-0.2, -0.15) is 0 Å². The van der Waals surface area contributed by atoms with Crippen LogP contribution in [0, 0.1) is 5.92 Å². The van der Waals surface area contributed by atoms with Gasteiger partial charge in [-0.05, 0) is 43.5 Å². The molecule has 3 heteroatoms. The monoisotopic (exact) mass is 221 g/mol. The predicted molar refractivity (Wildman–Crippen MR) is 63.5 cm³/mol. The van der Waals surface area contributed by atoms with Crippen molar-refractivity contribution in [1.82, 2.24) is 4.90 Å². The molecule has 1 saturated heterocycles. The summed E-state index contributed by atoms with van der Waals surface area (Å²) in [4.78, 5) is 2.39. The van der Waals surface area contributed by atoms with Crippen LogP contribution in [-0.4, -0.2) is 28.2 Å². The van der Waals surface area contributed by atoms with Crippen molar-refractivity contribution in [2.24, 2.45) is 5.92 Å². The van der Waals surface area contributed by atoms with Crippen LogP contribution in [0.4, 0.5) is 0 Å². The molecule has 88 valence electrons. The van der Waals surface area contributed by atoms with E-state index < -0.39 is 0 Å². The van der Waals surface area contributed by atoms with Crippen LogP contribution in [0.1, 0.15) is 31.9 Å². The first-order chi connectivity index (χ1) is 7.56. The van der Waals surface area contributed by atoms with Crippen LogP contribution in [0.2, 0.25) is 0 Å². The summed E-state index contributed by atoms with van der Waals surface area (Å²) in [6, 6.07) is 5.08. The van der Waals surface area contributed by atoms with Gasteiger partial charge in [-0.15, -0.1) is 0 Å². The van der Waals surface area contributed by atoms with Gasteiger partial charge < -0.3 is 10.2 Å². The third-order valence-electron chi connectivity index (χ3n) is 3.41. The Hall–Kier alpha value is -1.22. The van der Waals surface area contributed by atoms with E-state index in [1.165, 1.54) is 12.5 Å². The molecule has 0 radical (unpaired) electrons. The van der Waals surface area contributed by atoms with E-state index in [0.717, 1.165) is 24.6 Å². The number of benzene rings is 1. The van der Waals surface area contributed by atoms with E-state index in [0.29, 0.717) is 0 Å². The molecule has 0 bridgehead atoms. The third-order valence-corrected chi connectivity index (χ3v) is 3.41. The summed E-state index contributed by atoms with van der Waals surface area (Å²) >= 11 is 0. The van der Waals surface area contributed by atoms with Gasteiger partial charge in [0.15, 0.2) is 0 Å². The van der Waals surface area contributed by atoms with Crippen LogP contribution in [0.3, 0.4) is 0 Å². The second kappa shape index (κ2) is 4.34. The summed E-state index contributed by atoms with van der Waals surface area (Å²) in [5.41, 5.74) is 0.978. The number of likely N-dealkylation sites (tertiary alicyclic amines) is 1. The largest absolute Gasteiger partial charge is 0.508 e. The van der Waals surface area contributed by atoms with Crippen molar-refractivity contribution in [3.05, 3.63) is 23.8 Å². The molecule has 1 heterocycles. The lowest BCUT2D eigenvalue weighted by Crippen LogP contribution is -2.24. The van der Waals surface area contributed by atoms with Gasteiger partial charge in [-0.25, -0.2) is 0 Å². The average molecular weight is 221 g/mol. The molecule has 2 rings (SSSR count). The van der Waals surface area contributed by atoms with Gasteiger partial charge in [0.25, 0.3) is 0 Å². The van der Waals surface area contributed by atoms with Gasteiger partial charge in [-0.3, -0.25) is 4.90 Å². The van der Waals surface area contributed by atoms with Crippen molar-refractivity contribution in [3.8, 4) is 11.5 Å². The standard InChI is InChI=1S/C13H19NO2/c1-9-3-4-14(8-9)10(2)11-5-12(15)7-13(16)6-11/h5-7,9-10,15-16H,3-4,8H2,1-2H3. The number of hydrogen-bond donors (Lipinski definition) is 2. The van der Waals surface area contributed by atoms with Gasteiger partial charge in [0, 0.05) is 18.7 Å². The molecule has 2 atom stereocenters. The highest BCUT2D eigenvalue weighted by atomic mass is 16.3. The predicted octanol–water partition coefficient (Wildman–Crippen LogP) is 2.50. The van der Waals surface area contributed by atoms with E-state index in [-0.39, 0.29) is 17.5 Å². The first-order valence-corrected chi connectivity index (χ1v) is 5.83. The fourth-order valence-corrected chi connectivity index (χ4v) is 2.39. The van der Waals surface area contributed by atoms with Crippen molar-refractivity contribution in [1.29, 1.82) is 0 Å². The van der Waals surface area contributed by atoms with Crippen LogP contribution in [0.5, 0.6) is 11.5 Å². The lowest BCUT2D eigenvalue weighted by Gasteiger charge is -2.24. The number of phenols is 2. The van der Waals surface area contributed by atoms with E-state index in [1.54, 1.807) is 12.1 Å².